The molecule has 0 saturated carbocycles. The molecule has 14 heteroatoms. The van der Waals surface area contributed by atoms with Crippen molar-refractivity contribution in [2.24, 2.45) is 11.7 Å². The predicted molar refractivity (Wildman–Crippen MR) is 156 cm³/mol. The van der Waals surface area contributed by atoms with Crippen LogP contribution in [0.2, 0.25) is 0 Å². The van der Waals surface area contributed by atoms with Crippen LogP contribution in [0.25, 0.3) is 22.8 Å². The number of carbonyl (C=O) groups excluding carboxylic acids is 2. The summed E-state index contributed by atoms with van der Waals surface area (Å²) in [6.45, 7) is 7.33. The Bertz CT molecular complexity index is 1510. The molecule has 1 unspecified atom stereocenters. The molecule has 4 aromatic rings. The zero-order valence-corrected chi connectivity index (χ0v) is 25.0. The van der Waals surface area contributed by atoms with E-state index >= 15 is 0 Å². The number of hydrogen-bond acceptors (Lipinski definition) is 11. The van der Waals surface area contributed by atoms with E-state index in [2.05, 4.69) is 39.4 Å². The molecule has 0 bridgehead atoms. The minimum absolute atomic E-state index is 0. The molecular formula is C29H34ClFN6O6. The van der Waals surface area contributed by atoms with Gasteiger partial charge in [0.1, 0.15) is 18.2 Å². The molecule has 0 aliphatic heterocycles. The Balaban J connectivity index is 0.00000506. The molecule has 12 nitrogen and oxygen atoms in total. The third kappa shape index (κ3) is 8.82. The van der Waals surface area contributed by atoms with E-state index in [4.69, 9.17) is 24.3 Å². The second kappa shape index (κ2) is 15.2. The van der Waals surface area contributed by atoms with Gasteiger partial charge in [0.2, 0.25) is 17.5 Å². The van der Waals surface area contributed by atoms with E-state index < -0.39 is 29.8 Å². The van der Waals surface area contributed by atoms with Crippen molar-refractivity contribution in [2.75, 3.05) is 13.2 Å². The fraction of sp³-hybridized carbons (Fsp3) is 0.379. The molecule has 43 heavy (non-hydrogen) atoms. The summed E-state index contributed by atoms with van der Waals surface area (Å²) in [7, 11) is 0. The molecule has 2 aromatic heterocycles. The first kappa shape index (κ1) is 33.1. The molecule has 1 amide bonds. The lowest BCUT2D eigenvalue weighted by Crippen LogP contribution is -2.37. The van der Waals surface area contributed by atoms with E-state index in [1.54, 1.807) is 19.1 Å². The maximum atomic E-state index is 14.8. The van der Waals surface area contributed by atoms with E-state index in [1.807, 2.05) is 19.1 Å². The van der Waals surface area contributed by atoms with Crippen molar-refractivity contribution in [2.45, 2.75) is 52.7 Å². The number of nitrogens with zero attached hydrogens (tertiary/aromatic N) is 4. The predicted octanol–water partition coefficient (Wildman–Crippen LogP) is 4.70. The van der Waals surface area contributed by atoms with Gasteiger partial charge in [-0.3, -0.25) is 9.59 Å². The van der Waals surface area contributed by atoms with Crippen molar-refractivity contribution in [3.05, 3.63) is 65.6 Å². The van der Waals surface area contributed by atoms with Gasteiger partial charge in [0.15, 0.2) is 6.10 Å². The largest absolute Gasteiger partial charge is 0.481 e. The second-order valence-electron chi connectivity index (χ2n) is 10.1. The number of hydrogen-bond donors (Lipinski definition) is 2. The Morgan fingerprint density at radius 1 is 1.00 bits per heavy atom. The Hall–Kier alpha value is -4.36. The summed E-state index contributed by atoms with van der Waals surface area (Å²) in [6.07, 6.45) is 0.684. The van der Waals surface area contributed by atoms with Crippen LogP contribution in [0.15, 0.2) is 51.5 Å². The van der Waals surface area contributed by atoms with Crippen LogP contribution in [0.1, 0.15) is 62.4 Å². The molecule has 230 valence electrons. The third-order valence-electron chi connectivity index (χ3n) is 6.04. The third-order valence-corrected chi connectivity index (χ3v) is 6.04. The molecule has 0 aliphatic rings. The SMILES string of the molecule is CCC(Oc1ccc(-c2noc(CC(C)C)n2)cc1)c1nc(-c2ccc(C(=O)N[C@@H](C)COC(=O)CN)c(F)c2)no1.Cl. The molecule has 2 aromatic carbocycles. The number of nitrogens with two attached hydrogens (primary N) is 1. The van der Waals surface area contributed by atoms with Crippen LogP contribution < -0.4 is 15.8 Å². The average molecular weight is 617 g/mol. The first-order chi connectivity index (χ1) is 20.2. The molecule has 0 aliphatic carbocycles. The van der Waals surface area contributed by atoms with Gasteiger partial charge in [-0.1, -0.05) is 37.2 Å². The smallest absolute Gasteiger partial charge is 0.319 e. The summed E-state index contributed by atoms with van der Waals surface area (Å²) in [5.41, 5.74) is 6.11. The highest BCUT2D eigenvalue weighted by atomic mass is 35.5. The molecule has 2 heterocycles. The number of benzene rings is 2. The van der Waals surface area contributed by atoms with Crippen LogP contribution >= 0.6 is 12.4 Å². The van der Waals surface area contributed by atoms with Gasteiger partial charge in [-0.25, -0.2) is 4.39 Å². The fourth-order valence-corrected chi connectivity index (χ4v) is 3.90. The van der Waals surface area contributed by atoms with Crippen molar-refractivity contribution in [3.8, 4) is 28.5 Å². The highest BCUT2D eigenvalue weighted by Crippen LogP contribution is 2.28. The minimum Gasteiger partial charge on any atom is -0.481 e. The van der Waals surface area contributed by atoms with Crippen LogP contribution in [0.4, 0.5) is 4.39 Å². The van der Waals surface area contributed by atoms with E-state index in [1.165, 1.54) is 12.1 Å². The first-order valence-corrected chi connectivity index (χ1v) is 13.6. The summed E-state index contributed by atoms with van der Waals surface area (Å²) in [5.74, 6) is 0.402. The number of halogens is 2. The van der Waals surface area contributed by atoms with Gasteiger partial charge in [0.05, 0.1) is 18.2 Å². The number of amides is 1. The van der Waals surface area contributed by atoms with E-state index in [9.17, 15) is 14.0 Å². The normalized spacial score (nSPS) is 12.3. The zero-order chi connectivity index (χ0) is 30.2. The van der Waals surface area contributed by atoms with Crippen LogP contribution in [0, 0.1) is 11.7 Å². The molecule has 0 spiro atoms. The molecule has 0 radical (unpaired) electrons. The number of carbonyl (C=O) groups is 2. The number of esters is 1. The molecule has 4 rings (SSSR count). The first-order valence-electron chi connectivity index (χ1n) is 13.6. The van der Waals surface area contributed by atoms with Crippen molar-refractivity contribution < 1.29 is 32.5 Å². The van der Waals surface area contributed by atoms with Gasteiger partial charge in [-0.05, 0) is 55.7 Å². The monoisotopic (exact) mass is 616 g/mol. The van der Waals surface area contributed by atoms with E-state index in [0.29, 0.717) is 41.8 Å². The quantitative estimate of drug-likeness (QED) is 0.200. The van der Waals surface area contributed by atoms with Gasteiger partial charge in [0.25, 0.3) is 11.8 Å². The molecule has 3 N–H and O–H groups in total. The van der Waals surface area contributed by atoms with Gasteiger partial charge in [-0.15, -0.1) is 12.4 Å². The number of aromatic nitrogens is 4. The Morgan fingerprint density at radius 3 is 2.33 bits per heavy atom. The van der Waals surface area contributed by atoms with Crippen LogP contribution in [0.5, 0.6) is 5.75 Å². The maximum Gasteiger partial charge on any atom is 0.319 e. The Morgan fingerprint density at radius 2 is 1.67 bits per heavy atom. The van der Waals surface area contributed by atoms with Gasteiger partial charge in [-0.2, -0.15) is 9.97 Å². The summed E-state index contributed by atoms with van der Waals surface area (Å²) in [5, 5.41) is 10.6. The summed E-state index contributed by atoms with van der Waals surface area (Å²) in [4.78, 5) is 32.5. The summed E-state index contributed by atoms with van der Waals surface area (Å²) >= 11 is 0. The lowest BCUT2D eigenvalue weighted by atomic mass is 10.1. The maximum absolute atomic E-state index is 14.8. The van der Waals surface area contributed by atoms with Crippen molar-refractivity contribution >= 4 is 24.3 Å². The van der Waals surface area contributed by atoms with Gasteiger partial charge < -0.3 is 29.6 Å². The standard InChI is InChI=1S/C29H33FN6O6.ClH/c1-5-23(40-20-9-6-18(7-10-20)26-33-24(41-35-26)12-16(2)3)29-34-27(36-42-29)19-8-11-21(22(30)13-19)28(38)32-17(4)15-39-25(37)14-31;/h6-11,13,16-17,23H,5,12,14-15,31H2,1-4H3,(H,32,38);1H/t17-,23?;/m0./s1. The number of rotatable bonds is 13. The Labute approximate surface area is 253 Å². The molecule has 2 atom stereocenters. The average Bonchev–Trinajstić information content (AvgIpc) is 3.65. The molecule has 0 saturated heterocycles. The fourth-order valence-electron chi connectivity index (χ4n) is 3.90. The van der Waals surface area contributed by atoms with Crippen LogP contribution in [-0.4, -0.2) is 51.4 Å². The summed E-state index contributed by atoms with van der Waals surface area (Å²) < 4.78 is 36.5. The highest BCUT2D eigenvalue weighted by molar-refractivity contribution is 5.95. The van der Waals surface area contributed by atoms with E-state index in [0.717, 1.165) is 11.6 Å². The van der Waals surface area contributed by atoms with Crippen molar-refractivity contribution in [3.63, 3.8) is 0 Å². The summed E-state index contributed by atoms with van der Waals surface area (Å²) in [6, 6.07) is 10.7. The van der Waals surface area contributed by atoms with Crippen molar-refractivity contribution in [1.82, 2.24) is 25.6 Å². The molecule has 0 fully saturated rings. The highest BCUT2D eigenvalue weighted by Gasteiger charge is 2.22. The lowest BCUT2D eigenvalue weighted by Gasteiger charge is -2.14. The van der Waals surface area contributed by atoms with Crippen molar-refractivity contribution in [1.29, 1.82) is 0 Å². The Kier molecular flexibility index (Phi) is 11.7. The number of ether oxygens (including phenoxy) is 2. The van der Waals surface area contributed by atoms with E-state index in [-0.39, 0.29) is 42.8 Å². The molecular weight excluding hydrogens is 583 g/mol. The van der Waals surface area contributed by atoms with Gasteiger partial charge >= 0.3 is 5.97 Å². The lowest BCUT2D eigenvalue weighted by molar-refractivity contribution is -0.142. The van der Waals surface area contributed by atoms with Crippen LogP contribution in [0.3, 0.4) is 0 Å². The second-order valence-corrected chi connectivity index (χ2v) is 10.1. The zero-order valence-electron chi connectivity index (χ0n) is 24.2. The van der Waals surface area contributed by atoms with Gasteiger partial charge in [0, 0.05) is 17.5 Å². The minimum atomic E-state index is -0.774. The van der Waals surface area contributed by atoms with Crippen LogP contribution in [-0.2, 0) is 16.0 Å². The number of nitrogens with one attached hydrogen (secondary N) is 1. The topological polar surface area (TPSA) is 168 Å².